The summed E-state index contributed by atoms with van der Waals surface area (Å²) in [6.07, 6.45) is 0. The predicted octanol–water partition coefficient (Wildman–Crippen LogP) is -16.6. The fraction of sp³-hybridized carbons (Fsp3) is 0. The van der Waals surface area contributed by atoms with Gasteiger partial charge in [-0.1, -0.05) is 0 Å². The molecule has 14 heteroatoms. The Morgan fingerprint density at radius 1 is 0.0714 bits per heavy atom. The first kappa shape index (κ1) is 162. The summed E-state index contributed by atoms with van der Waals surface area (Å²) < 4.78 is 0. The molecule has 0 radical (unpaired) electrons. The second-order valence-electron chi connectivity index (χ2n) is 0. The Kier molecular flexibility index (Phi) is 1610. The van der Waals surface area contributed by atoms with Crippen molar-refractivity contribution in [3.05, 3.63) is 0 Å². The molecule has 0 heterocycles. The van der Waals surface area contributed by atoms with Gasteiger partial charge in [0.1, 0.15) is 0 Å². The van der Waals surface area contributed by atoms with Crippen LogP contribution in [0.15, 0.2) is 0 Å². The lowest BCUT2D eigenvalue weighted by molar-refractivity contribution is 5.75. The summed E-state index contributed by atoms with van der Waals surface area (Å²) >= 11 is 0. The molecule has 0 aromatic rings. The molecule has 0 rings (SSSR count). The van der Waals surface area contributed by atoms with Gasteiger partial charge in [-0.2, -0.15) is 0 Å². The van der Waals surface area contributed by atoms with Crippen LogP contribution in [0.1, 0.15) is 0 Å². The van der Waals surface area contributed by atoms with E-state index >= 15 is 0 Å². The van der Waals surface area contributed by atoms with Crippen molar-refractivity contribution < 1.29 is 0 Å². The van der Waals surface area contributed by atoms with Crippen LogP contribution < -0.4 is 0 Å². The highest BCUT2D eigenvalue weighted by molar-refractivity contribution is 5.77. The zero-order valence-corrected chi connectivity index (χ0v) is 0. The highest BCUT2D eigenvalue weighted by Crippen LogP contribution is -0.368. The highest BCUT2D eigenvalue weighted by Gasteiger charge is 0.200. The third kappa shape index (κ3) is 119. The van der Waals surface area contributed by atoms with E-state index in [0.717, 1.165) is 0 Å². The molecule has 0 aliphatic carbocycles. The SMILES string of the molecule is [AlH3].[AlH3].[AlH3].[AlH3].[AlH3].[AlH3].[AlH3].[AlH3].[AlH3].[AlH3].[AlH3].[AlH3].[AlH3].[AlH3]. The van der Waals surface area contributed by atoms with Gasteiger partial charge in [-0.15, -0.1) is 0 Å². The molecule has 0 N–H and O–H groups in total. The molecule has 0 unspecified atom stereocenters. The molecule has 0 aromatic heterocycles. The minimum Gasteiger partial charge on any atom is 0.187 e. The zero-order chi connectivity index (χ0) is 0. The molecule has 0 atom stereocenters. The van der Waals surface area contributed by atoms with Crippen LogP contribution in [0.4, 0.5) is 0 Å². The molecule has 0 nitrogen and oxygen atoms in total. The van der Waals surface area contributed by atoms with E-state index in [1.54, 1.807) is 0 Å². The maximum Gasteiger partial charge on any atom is 0.187 e. The van der Waals surface area contributed by atoms with Crippen molar-refractivity contribution in [1.29, 1.82) is 0 Å². The monoisotopic (exact) mass is 420 g/mol. The van der Waals surface area contributed by atoms with Crippen LogP contribution in [0.25, 0.3) is 0 Å². The van der Waals surface area contributed by atoms with Gasteiger partial charge in [0.25, 0.3) is 0 Å². The van der Waals surface area contributed by atoms with E-state index in [4.69, 9.17) is 0 Å². The number of hydrogen-bond donors (Lipinski definition) is 0. The van der Waals surface area contributed by atoms with Gasteiger partial charge >= 0.3 is 0 Å². The van der Waals surface area contributed by atoms with Gasteiger partial charge in [0.05, 0.1) is 0 Å². The molecule has 0 amide bonds. The van der Waals surface area contributed by atoms with Crippen molar-refractivity contribution in [1.82, 2.24) is 0 Å². The molecular weight excluding hydrogens is 378 g/mol. The Bertz CT molecular complexity index is 0. The van der Waals surface area contributed by atoms with Gasteiger partial charge in [-0.25, -0.2) is 0 Å². The Hall–Kier alpha value is 7.45. The Balaban J connectivity index is 0. The Morgan fingerprint density at radius 3 is 0.0714 bits per heavy atom. The van der Waals surface area contributed by atoms with Crippen molar-refractivity contribution in [3.63, 3.8) is 0 Å². The van der Waals surface area contributed by atoms with E-state index in [1.807, 2.05) is 0 Å². The van der Waals surface area contributed by atoms with Crippen molar-refractivity contribution in [2.45, 2.75) is 0 Å². The molecule has 0 aliphatic rings. The molecule has 0 spiro atoms. The molecule has 0 fully saturated rings. The fourth-order valence-corrected chi connectivity index (χ4v) is 0. The normalized spacial score (nSPS) is 0. The molecular formula is H42Al14. The minimum atomic E-state index is 0. The Morgan fingerprint density at radius 2 is 0.0714 bits per heavy atom. The van der Waals surface area contributed by atoms with Crippen LogP contribution >= 0.6 is 0 Å². The molecule has 0 bridgehead atoms. The third-order valence-corrected chi connectivity index (χ3v) is 0. The largest absolute Gasteiger partial charge is 0.187 e. The van der Waals surface area contributed by atoms with E-state index < -0.39 is 0 Å². The zero-order valence-electron chi connectivity index (χ0n) is 0. The third-order valence-electron chi connectivity index (χ3n) is 0. The second kappa shape index (κ2) is 139. The first-order valence-corrected chi connectivity index (χ1v) is 0. The fourth-order valence-electron chi connectivity index (χ4n) is 0. The van der Waals surface area contributed by atoms with Gasteiger partial charge in [0, 0.05) is 0 Å². The first-order valence-electron chi connectivity index (χ1n) is 0. The second-order valence-corrected chi connectivity index (χ2v) is 0. The molecule has 0 aromatic carbocycles. The van der Waals surface area contributed by atoms with Gasteiger partial charge in [-0.3, -0.25) is 0 Å². The summed E-state index contributed by atoms with van der Waals surface area (Å²) in [6, 6.07) is 0. The van der Waals surface area contributed by atoms with Crippen LogP contribution in [-0.2, 0) is 0 Å². The van der Waals surface area contributed by atoms with Crippen molar-refractivity contribution >= 4 is 243 Å². The summed E-state index contributed by atoms with van der Waals surface area (Å²) in [4.78, 5) is 0. The molecule has 14 heavy (non-hydrogen) atoms. The van der Waals surface area contributed by atoms with Crippen molar-refractivity contribution in [2.75, 3.05) is 0 Å². The standard InChI is InChI=1S/14Al.42H. The maximum atomic E-state index is 0. The summed E-state index contributed by atoms with van der Waals surface area (Å²) in [5.74, 6) is 0. The van der Waals surface area contributed by atoms with E-state index in [1.165, 1.54) is 0 Å². The number of rotatable bonds is 0. The lowest BCUT2D eigenvalue weighted by Crippen LogP contribution is -0.382. The molecule has 84 valence electrons. The Labute approximate surface area is 238 Å². The average Bonchev–Trinajstić information content (AvgIpc) is 0. The summed E-state index contributed by atoms with van der Waals surface area (Å²) in [5, 5.41) is 0. The lowest BCUT2D eigenvalue weighted by Gasteiger charge is 0.186. The summed E-state index contributed by atoms with van der Waals surface area (Å²) in [6.45, 7) is 0. The summed E-state index contributed by atoms with van der Waals surface area (Å²) in [7, 11) is 0. The van der Waals surface area contributed by atoms with Gasteiger partial charge in [-0.05, 0) is 0 Å². The van der Waals surface area contributed by atoms with Crippen LogP contribution in [0.5, 0.6) is 0 Å². The first-order chi connectivity index (χ1) is 0. The average molecular weight is 420 g/mol. The minimum absolute atomic E-state index is 0. The topological polar surface area (TPSA) is 0 Å². The predicted molar refractivity (Wildman–Crippen MR) is 139 cm³/mol. The van der Waals surface area contributed by atoms with Crippen molar-refractivity contribution in [3.8, 4) is 0 Å². The van der Waals surface area contributed by atoms with Crippen LogP contribution in [0.2, 0.25) is 0 Å². The quantitative estimate of drug-likeness (QED) is 0.342. The summed E-state index contributed by atoms with van der Waals surface area (Å²) in [5.41, 5.74) is 0. The molecule has 0 aliphatic heterocycles. The highest BCUT2D eigenvalue weighted by atomic mass is 27.0. The molecule has 0 saturated carbocycles. The van der Waals surface area contributed by atoms with Crippen molar-refractivity contribution in [2.24, 2.45) is 0 Å². The van der Waals surface area contributed by atoms with E-state index in [2.05, 4.69) is 0 Å². The van der Waals surface area contributed by atoms with Gasteiger partial charge in [0.2, 0.25) is 0 Å². The van der Waals surface area contributed by atoms with Crippen LogP contribution in [-0.4, -0.2) is 243 Å². The number of hydrogen-bond acceptors (Lipinski definition) is 0. The van der Waals surface area contributed by atoms with E-state index in [0.29, 0.717) is 0 Å². The maximum absolute atomic E-state index is 0. The van der Waals surface area contributed by atoms with Gasteiger partial charge in [0.15, 0.2) is 243 Å². The van der Waals surface area contributed by atoms with Crippen LogP contribution in [0.3, 0.4) is 0 Å². The van der Waals surface area contributed by atoms with Gasteiger partial charge < -0.3 is 0 Å². The van der Waals surface area contributed by atoms with E-state index in [9.17, 15) is 0 Å². The molecule has 0 saturated heterocycles. The van der Waals surface area contributed by atoms with E-state index in [-0.39, 0.29) is 243 Å². The smallest absolute Gasteiger partial charge is 0.187 e. The van der Waals surface area contributed by atoms with Crippen LogP contribution in [0, 0.1) is 0 Å². The lowest BCUT2D eigenvalue weighted by atomic mass is 27.0.